The molecule has 5 heteroatoms. The number of nitrogens with zero attached hydrogens (tertiary/aromatic N) is 3. The Labute approximate surface area is 185 Å². The predicted molar refractivity (Wildman–Crippen MR) is 128 cm³/mol. The molecule has 3 aromatic rings. The van der Waals surface area contributed by atoms with Crippen molar-refractivity contribution < 1.29 is 4.79 Å². The van der Waals surface area contributed by atoms with E-state index in [4.69, 9.17) is 4.99 Å². The van der Waals surface area contributed by atoms with Crippen molar-refractivity contribution in [2.75, 3.05) is 23.9 Å². The van der Waals surface area contributed by atoms with Gasteiger partial charge in [0.1, 0.15) is 11.5 Å². The van der Waals surface area contributed by atoms with Crippen LogP contribution in [0.3, 0.4) is 0 Å². The fourth-order valence-corrected chi connectivity index (χ4v) is 3.68. The van der Waals surface area contributed by atoms with Gasteiger partial charge < -0.3 is 4.90 Å². The lowest BCUT2D eigenvalue weighted by Gasteiger charge is -2.19. The minimum absolute atomic E-state index is 0.139. The topological polar surface area (TPSA) is 35.9 Å². The van der Waals surface area contributed by atoms with Gasteiger partial charge in [0.15, 0.2) is 0 Å². The zero-order chi connectivity index (χ0) is 21.3. The lowest BCUT2D eigenvalue weighted by molar-refractivity contribution is -0.113. The van der Waals surface area contributed by atoms with Crippen LogP contribution in [0.15, 0.2) is 88.0 Å². The van der Waals surface area contributed by atoms with Gasteiger partial charge >= 0.3 is 0 Å². The number of halogens is 1. The van der Waals surface area contributed by atoms with Crippen LogP contribution in [0, 0.1) is 6.92 Å². The van der Waals surface area contributed by atoms with Crippen LogP contribution < -0.4 is 9.80 Å². The highest BCUT2D eigenvalue weighted by Crippen LogP contribution is 2.30. The van der Waals surface area contributed by atoms with E-state index in [9.17, 15) is 4.79 Å². The lowest BCUT2D eigenvalue weighted by Crippen LogP contribution is -2.32. The fourth-order valence-electron chi connectivity index (χ4n) is 3.29. The summed E-state index contributed by atoms with van der Waals surface area (Å²) in [7, 11) is 4.00. The van der Waals surface area contributed by atoms with Crippen LogP contribution in [0.2, 0.25) is 0 Å². The van der Waals surface area contributed by atoms with Crippen molar-refractivity contribution >= 4 is 45.1 Å². The average molecular weight is 460 g/mol. The Morgan fingerprint density at radius 2 is 1.67 bits per heavy atom. The molecule has 3 aromatic carbocycles. The molecule has 0 fully saturated rings. The number of carbonyl (C=O) groups excluding carboxylic acids is 1. The molecule has 0 N–H and O–H groups in total. The summed E-state index contributed by atoms with van der Waals surface area (Å²) in [5.41, 5.74) is 5.31. The van der Waals surface area contributed by atoms with Crippen LogP contribution in [-0.4, -0.2) is 25.8 Å². The number of hydrogen-bond acceptors (Lipinski definition) is 3. The zero-order valence-corrected chi connectivity index (χ0v) is 18.7. The lowest BCUT2D eigenvalue weighted by atomic mass is 10.1. The molecule has 4 nitrogen and oxygen atoms in total. The Morgan fingerprint density at radius 3 is 2.30 bits per heavy atom. The summed E-state index contributed by atoms with van der Waals surface area (Å²) in [6.07, 6.45) is 1.84. The maximum absolute atomic E-state index is 13.4. The van der Waals surface area contributed by atoms with Crippen molar-refractivity contribution in [2.45, 2.75) is 6.92 Å². The first-order valence-corrected chi connectivity index (χ1v) is 10.5. The molecular formula is C25H22BrN3O. The van der Waals surface area contributed by atoms with Gasteiger partial charge in [-0.25, -0.2) is 4.99 Å². The third-order valence-electron chi connectivity index (χ3n) is 4.95. The van der Waals surface area contributed by atoms with E-state index in [2.05, 4.69) is 15.9 Å². The van der Waals surface area contributed by atoms with E-state index in [1.165, 1.54) is 0 Å². The van der Waals surface area contributed by atoms with Crippen molar-refractivity contribution in [3.05, 3.63) is 99.7 Å². The van der Waals surface area contributed by atoms with Gasteiger partial charge in [0.25, 0.3) is 5.91 Å². The second-order valence-electron chi connectivity index (χ2n) is 7.44. The molecule has 0 spiro atoms. The minimum Gasteiger partial charge on any atom is -0.378 e. The molecule has 150 valence electrons. The quantitative estimate of drug-likeness (QED) is 0.472. The summed E-state index contributed by atoms with van der Waals surface area (Å²) in [4.78, 5) is 21.8. The smallest absolute Gasteiger partial charge is 0.282 e. The first kappa shape index (κ1) is 20.1. The number of rotatable bonds is 4. The number of carbonyl (C=O) groups is 1. The van der Waals surface area contributed by atoms with Crippen LogP contribution in [-0.2, 0) is 4.79 Å². The number of amides is 1. The van der Waals surface area contributed by atoms with Crippen molar-refractivity contribution in [3.63, 3.8) is 0 Å². The summed E-state index contributed by atoms with van der Waals surface area (Å²) in [5, 5.41) is 0. The molecule has 1 heterocycles. The molecule has 0 radical (unpaired) electrons. The van der Waals surface area contributed by atoms with E-state index < -0.39 is 0 Å². The molecule has 30 heavy (non-hydrogen) atoms. The predicted octanol–water partition coefficient (Wildman–Crippen LogP) is 5.66. The maximum atomic E-state index is 13.4. The molecule has 0 atom stereocenters. The molecule has 4 rings (SSSR count). The van der Waals surface area contributed by atoms with Crippen molar-refractivity contribution in [1.82, 2.24) is 0 Å². The summed E-state index contributed by atoms with van der Waals surface area (Å²) in [6, 6.07) is 23.8. The Balaban J connectivity index is 1.78. The Hall–Kier alpha value is -3.18. The van der Waals surface area contributed by atoms with Crippen molar-refractivity contribution in [3.8, 4) is 0 Å². The Kier molecular flexibility index (Phi) is 5.55. The normalized spacial score (nSPS) is 14.9. The standard InChI is InChI=1S/C25H22BrN3O/c1-17-7-11-19(12-8-17)24-27-23(15-18-9-13-21(14-10-18)28(2)3)25(30)29(24)22-6-4-5-20(26)16-22/h4-16H,1-3H3/b23-15+. The second-order valence-corrected chi connectivity index (χ2v) is 8.35. The average Bonchev–Trinajstić information content (AvgIpc) is 3.05. The minimum atomic E-state index is -0.139. The second kappa shape index (κ2) is 8.28. The van der Waals surface area contributed by atoms with Crippen molar-refractivity contribution in [1.29, 1.82) is 0 Å². The molecule has 0 saturated carbocycles. The third-order valence-corrected chi connectivity index (χ3v) is 5.44. The van der Waals surface area contributed by atoms with E-state index in [1.54, 1.807) is 4.90 Å². The van der Waals surface area contributed by atoms with E-state index in [-0.39, 0.29) is 5.91 Å². The van der Waals surface area contributed by atoms with Crippen molar-refractivity contribution in [2.24, 2.45) is 4.99 Å². The molecule has 0 saturated heterocycles. The van der Waals surface area contributed by atoms with Gasteiger partial charge in [-0.2, -0.15) is 0 Å². The number of aryl methyl sites for hydroxylation is 1. The highest BCUT2D eigenvalue weighted by molar-refractivity contribution is 9.10. The summed E-state index contributed by atoms with van der Waals surface area (Å²) < 4.78 is 0.910. The van der Waals surface area contributed by atoms with Crippen LogP contribution in [0.4, 0.5) is 11.4 Å². The number of aliphatic imine (C=N–C) groups is 1. The van der Waals surface area contributed by atoms with Crippen LogP contribution in [0.5, 0.6) is 0 Å². The molecular weight excluding hydrogens is 438 g/mol. The van der Waals surface area contributed by atoms with Gasteiger partial charge in [-0.1, -0.05) is 64.0 Å². The van der Waals surface area contributed by atoms with Gasteiger partial charge in [-0.15, -0.1) is 0 Å². The van der Waals surface area contributed by atoms with Gasteiger partial charge in [-0.3, -0.25) is 9.69 Å². The Bertz CT molecular complexity index is 1150. The fraction of sp³-hybridized carbons (Fsp3) is 0.120. The molecule has 0 unspecified atom stereocenters. The number of anilines is 2. The molecule has 1 amide bonds. The summed E-state index contributed by atoms with van der Waals surface area (Å²) in [6.45, 7) is 2.04. The van der Waals surface area contributed by atoms with E-state index >= 15 is 0 Å². The highest BCUT2D eigenvalue weighted by atomic mass is 79.9. The molecule has 1 aliphatic rings. The van der Waals surface area contributed by atoms with Gasteiger partial charge in [-0.05, 0) is 48.9 Å². The highest BCUT2D eigenvalue weighted by Gasteiger charge is 2.32. The van der Waals surface area contributed by atoms with Gasteiger partial charge in [0, 0.05) is 29.8 Å². The summed E-state index contributed by atoms with van der Waals surface area (Å²) >= 11 is 3.51. The zero-order valence-electron chi connectivity index (χ0n) is 17.1. The van der Waals surface area contributed by atoms with Gasteiger partial charge in [0.2, 0.25) is 0 Å². The number of hydrogen-bond donors (Lipinski definition) is 0. The van der Waals surface area contributed by atoms with Crippen LogP contribution >= 0.6 is 15.9 Å². The monoisotopic (exact) mass is 459 g/mol. The Morgan fingerprint density at radius 1 is 0.967 bits per heavy atom. The SMILES string of the molecule is Cc1ccc(C2=N/C(=C/c3ccc(N(C)C)cc3)C(=O)N2c2cccc(Br)c2)cc1. The van der Waals surface area contributed by atoms with Crippen LogP contribution in [0.25, 0.3) is 6.08 Å². The molecule has 1 aliphatic heterocycles. The number of amidine groups is 1. The molecule has 0 aromatic heterocycles. The first-order chi connectivity index (χ1) is 14.4. The van der Waals surface area contributed by atoms with Crippen LogP contribution in [0.1, 0.15) is 16.7 Å². The van der Waals surface area contributed by atoms with E-state index in [1.807, 2.05) is 105 Å². The number of benzene rings is 3. The first-order valence-electron chi connectivity index (χ1n) is 9.67. The molecule has 0 aliphatic carbocycles. The summed E-state index contributed by atoms with van der Waals surface area (Å²) in [5.74, 6) is 0.495. The van der Waals surface area contributed by atoms with Gasteiger partial charge in [0.05, 0.1) is 5.69 Å². The largest absolute Gasteiger partial charge is 0.378 e. The molecule has 0 bridgehead atoms. The third kappa shape index (κ3) is 4.07. The van der Waals surface area contributed by atoms with E-state index in [0.717, 1.165) is 32.5 Å². The maximum Gasteiger partial charge on any atom is 0.282 e. The van der Waals surface area contributed by atoms with E-state index in [0.29, 0.717) is 11.5 Å².